The maximum atomic E-state index is 12.9. The van der Waals surface area contributed by atoms with Gasteiger partial charge in [0, 0.05) is 41.3 Å². The van der Waals surface area contributed by atoms with Crippen molar-refractivity contribution in [3.63, 3.8) is 0 Å². The van der Waals surface area contributed by atoms with E-state index in [-0.39, 0.29) is 6.10 Å². The fourth-order valence-electron chi connectivity index (χ4n) is 3.58. The molecule has 138 valence electrons. The van der Waals surface area contributed by atoms with Crippen LogP contribution in [0.5, 0.6) is 5.88 Å². The van der Waals surface area contributed by atoms with Gasteiger partial charge in [-0.05, 0) is 26.0 Å². The molecule has 0 saturated carbocycles. The van der Waals surface area contributed by atoms with Crippen molar-refractivity contribution in [2.75, 3.05) is 13.1 Å². The minimum absolute atomic E-state index is 0.153. The monoisotopic (exact) mass is 363 g/mol. The number of benzene rings is 1. The number of pyridine rings is 1. The number of H-pyrrole nitrogens is 1. The number of aromatic nitrogens is 2. The second-order valence-corrected chi connectivity index (χ2v) is 6.90. The third kappa shape index (κ3) is 3.30. The van der Waals surface area contributed by atoms with Crippen LogP contribution in [0.4, 0.5) is 0 Å². The van der Waals surface area contributed by atoms with Crippen LogP contribution < -0.4 is 4.74 Å². The Bertz CT molecular complexity index is 1020. The maximum Gasteiger partial charge on any atom is 0.295 e. The summed E-state index contributed by atoms with van der Waals surface area (Å²) in [5.41, 5.74) is 2.91. The Hall–Kier alpha value is -3.15. The number of fused-ring (bicyclic) bond motifs is 1. The van der Waals surface area contributed by atoms with Gasteiger partial charge in [0.1, 0.15) is 6.10 Å². The predicted octanol–water partition coefficient (Wildman–Crippen LogP) is 3.04. The number of carbonyl (C=O) groups excluding carboxylic acids is 2. The van der Waals surface area contributed by atoms with E-state index in [0.717, 1.165) is 16.6 Å². The summed E-state index contributed by atoms with van der Waals surface area (Å²) in [6.45, 7) is 4.61. The molecule has 0 bridgehead atoms. The molecule has 27 heavy (non-hydrogen) atoms. The van der Waals surface area contributed by atoms with Crippen LogP contribution in [-0.4, -0.2) is 45.8 Å². The Kier molecular flexibility index (Phi) is 4.39. The lowest BCUT2D eigenvalue weighted by atomic mass is 10.1. The Balaban J connectivity index is 1.48. The largest absolute Gasteiger partial charge is 0.472 e. The van der Waals surface area contributed by atoms with Crippen molar-refractivity contribution in [2.45, 2.75) is 26.4 Å². The zero-order valence-electron chi connectivity index (χ0n) is 15.4. The number of para-hydroxylation sites is 1. The van der Waals surface area contributed by atoms with Crippen molar-refractivity contribution in [2.24, 2.45) is 0 Å². The summed E-state index contributed by atoms with van der Waals surface area (Å²) >= 11 is 0. The molecule has 1 aromatic carbocycles. The van der Waals surface area contributed by atoms with Crippen LogP contribution in [0.3, 0.4) is 0 Å². The number of hydrogen-bond acceptors (Lipinski definition) is 4. The van der Waals surface area contributed by atoms with Gasteiger partial charge in [0.15, 0.2) is 0 Å². The first-order valence-electron chi connectivity index (χ1n) is 9.04. The molecule has 1 unspecified atom stereocenters. The van der Waals surface area contributed by atoms with Gasteiger partial charge in [-0.3, -0.25) is 9.59 Å². The van der Waals surface area contributed by atoms with E-state index in [0.29, 0.717) is 36.6 Å². The van der Waals surface area contributed by atoms with Gasteiger partial charge in [0.25, 0.3) is 11.7 Å². The zero-order chi connectivity index (χ0) is 19.0. The van der Waals surface area contributed by atoms with Crippen molar-refractivity contribution in [1.29, 1.82) is 0 Å². The third-order valence-electron chi connectivity index (χ3n) is 4.90. The molecule has 4 rings (SSSR count). The van der Waals surface area contributed by atoms with E-state index in [4.69, 9.17) is 4.74 Å². The van der Waals surface area contributed by atoms with Crippen LogP contribution >= 0.6 is 0 Å². The summed E-state index contributed by atoms with van der Waals surface area (Å²) in [6, 6.07) is 13.1. The van der Waals surface area contributed by atoms with Crippen molar-refractivity contribution < 1.29 is 14.3 Å². The molecule has 1 atom stereocenters. The molecule has 0 spiro atoms. The maximum absolute atomic E-state index is 12.9. The number of likely N-dealkylation sites (tertiary alicyclic amines) is 1. The molecule has 1 saturated heterocycles. The summed E-state index contributed by atoms with van der Waals surface area (Å²) < 4.78 is 5.88. The predicted molar refractivity (Wildman–Crippen MR) is 102 cm³/mol. The molecule has 6 nitrogen and oxygen atoms in total. The molecule has 0 aliphatic carbocycles. The number of nitrogens with zero attached hydrogens (tertiary/aromatic N) is 2. The van der Waals surface area contributed by atoms with Gasteiger partial charge >= 0.3 is 0 Å². The number of ether oxygens (including phenoxy) is 1. The standard InChI is InChI=1S/C21H21N3O3/c1-13-6-5-9-18(22-13)27-15-10-11-24(12-15)21(26)20(25)19-14(2)23-17-8-4-3-7-16(17)19/h3-9,15,23H,10-12H2,1-2H3. The number of ketones is 1. The van der Waals surface area contributed by atoms with Crippen LogP contribution in [0.2, 0.25) is 0 Å². The van der Waals surface area contributed by atoms with Crippen molar-refractivity contribution in [1.82, 2.24) is 14.9 Å². The number of Topliss-reactive ketones (excluding diaryl/α,β-unsaturated/α-hetero) is 1. The number of aryl methyl sites for hydroxylation is 2. The lowest BCUT2D eigenvalue weighted by molar-refractivity contribution is -0.125. The molecule has 1 N–H and O–H groups in total. The summed E-state index contributed by atoms with van der Waals surface area (Å²) in [4.78, 5) is 34.7. The normalized spacial score (nSPS) is 16.7. The quantitative estimate of drug-likeness (QED) is 0.571. The summed E-state index contributed by atoms with van der Waals surface area (Å²) in [6.07, 6.45) is 0.529. The Morgan fingerprint density at radius 3 is 2.78 bits per heavy atom. The smallest absolute Gasteiger partial charge is 0.295 e. The fraction of sp³-hybridized carbons (Fsp3) is 0.286. The lowest BCUT2D eigenvalue weighted by Crippen LogP contribution is -2.36. The van der Waals surface area contributed by atoms with Crippen LogP contribution in [0.15, 0.2) is 42.5 Å². The Morgan fingerprint density at radius 1 is 1.15 bits per heavy atom. The first kappa shape index (κ1) is 17.3. The minimum atomic E-state index is -0.480. The van der Waals surface area contributed by atoms with E-state index in [9.17, 15) is 9.59 Å². The van der Waals surface area contributed by atoms with E-state index in [1.54, 1.807) is 11.0 Å². The van der Waals surface area contributed by atoms with Gasteiger partial charge in [0.2, 0.25) is 5.88 Å². The Morgan fingerprint density at radius 2 is 1.96 bits per heavy atom. The molecule has 1 amide bonds. The summed E-state index contributed by atoms with van der Waals surface area (Å²) in [5.74, 6) is -0.404. The second-order valence-electron chi connectivity index (χ2n) is 6.90. The van der Waals surface area contributed by atoms with Crippen LogP contribution in [-0.2, 0) is 4.79 Å². The average Bonchev–Trinajstić information content (AvgIpc) is 3.24. The molecule has 3 aromatic rings. The van der Waals surface area contributed by atoms with Gasteiger partial charge in [-0.1, -0.05) is 24.3 Å². The highest BCUT2D eigenvalue weighted by molar-refractivity contribution is 6.45. The van der Waals surface area contributed by atoms with Crippen LogP contribution in [0.1, 0.15) is 28.2 Å². The number of carbonyl (C=O) groups is 2. The summed E-state index contributed by atoms with van der Waals surface area (Å²) in [7, 11) is 0. The van der Waals surface area contributed by atoms with Gasteiger partial charge in [-0.2, -0.15) is 0 Å². The third-order valence-corrected chi connectivity index (χ3v) is 4.90. The molecule has 3 heterocycles. The van der Waals surface area contributed by atoms with Gasteiger partial charge in [-0.25, -0.2) is 4.98 Å². The molecule has 2 aromatic heterocycles. The number of rotatable bonds is 4. The van der Waals surface area contributed by atoms with Gasteiger partial charge in [-0.15, -0.1) is 0 Å². The zero-order valence-corrected chi connectivity index (χ0v) is 15.4. The van der Waals surface area contributed by atoms with Crippen LogP contribution in [0, 0.1) is 13.8 Å². The SMILES string of the molecule is Cc1cccc(OC2CCN(C(=O)C(=O)c3c(C)[nH]c4ccccc34)C2)n1. The van der Waals surface area contributed by atoms with E-state index in [1.807, 2.05) is 50.2 Å². The van der Waals surface area contributed by atoms with E-state index in [2.05, 4.69) is 9.97 Å². The van der Waals surface area contributed by atoms with Gasteiger partial charge in [0.05, 0.1) is 12.1 Å². The topological polar surface area (TPSA) is 75.3 Å². The summed E-state index contributed by atoms with van der Waals surface area (Å²) in [5, 5.41) is 0.782. The fourth-order valence-corrected chi connectivity index (χ4v) is 3.58. The average molecular weight is 363 g/mol. The Labute approximate surface area is 157 Å². The molecular weight excluding hydrogens is 342 g/mol. The number of aromatic amines is 1. The van der Waals surface area contributed by atoms with Crippen LogP contribution in [0.25, 0.3) is 10.9 Å². The second kappa shape index (κ2) is 6.87. The molecule has 1 fully saturated rings. The first-order chi connectivity index (χ1) is 13.0. The molecular formula is C21H21N3O3. The number of nitrogens with one attached hydrogen (secondary N) is 1. The van der Waals surface area contributed by atoms with E-state index >= 15 is 0 Å². The van der Waals surface area contributed by atoms with Crippen molar-refractivity contribution in [3.8, 4) is 5.88 Å². The van der Waals surface area contributed by atoms with Crippen molar-refractivity contribution in [3.05, 3.63) is 59.4 Å². The number of hydrogen-bond donors (Lipinski definition) is 1. The number of amides is 1. The minimum Gasteiger partial charge on any atom is -0.472 e. The molecule has 6 heteroatoms. The molecule has 1 aliphatic heterocycles. The van der Waals surface area contributed by atoms with Gasteiger partial charge < -0.3 is 14.6 Å². The van der Waals surface area contributed by atoms with Crippen molar-refractivity contribution >= 4 is 22.6 Å². The van der Waals surface area contributed by atoms with E-state index in [1.165, 1.54) is 0 Å². The first-order valence-corrected chi connectivity index (χ1v) is 9.04. The van der Waals surface area contributed by atoms with E-state index < -0.39 is 11.7 Å². The highest BCUT2D eigenvalue weighted by Gasteiger charge is 2.33. The highest BCUT2D eigenvalue weighted by atomic mass is 16.5. The highest BCUT2D eigenvalue weighted by Crippen LogP contribution is 2.24. The lowest BCUT2D eigenvalue weighted by Gasteiger charge is -2.16. The molecule has 1 aliphatic rings. The molecule has 0 radical (unpaired) electrons.